The summed E-state index contributed by atoms with van der Waals surface area (Å²) in [6, 6.07) is 39.7. The first-order valence-corrected chi connectivity index (χ1v) is 13.4. The first-order chi connectivity index (χ1) is 18.8. The van der Waals surface area contributed by atoms with E-state index in [0.29, 0.717) is 5.95 Å². The molecule has 0 saturated heterocycles. The third kappa shape index (κ3) is 3.19. The molecule has 178 valence electrons. The molecule has 8 aromatic rings. The molecule has 0 aliphatic carbocycles. The number of aromatic nitrogens is 4. The highest BCUT2D eigenvalue weighted by molar-refractivity contribution is 7.25. The predicted octanol–water partition coefficient (Wildman–Crippen LogP) is 8.67. The summed E-state index contributed by atoms with van der Waals surface area (Å²) in [5.41, 5.74) is 6.06. The van der Waals surface area contributed by atoms with E-state index in [1.807, 2.05) is 42.6 Å². The van der Waals surface area contributed by atoms with Crippen LogP contribution in [0.25, 0.3) is 70.6 Å². The zero-order valence-corrected chi connectivity index (χ0v) is 21.1. The van der Waals surface area contributed by atoms with Gasteiger partial charge < -0.3 is 0 Å². The summed E-state index contributed by atoms with van der Waals surface area (Å²) in [7, 11) is 0. The molecule has 0 atom stereocenters. The maximum Gasteiger partial charge on any atom is 0.235 e. The molecule has 0 aliphatic heterocycles. The third-order valence-corrected chi connectivity index (χ3v) is 8.17. The van der Waals surface area contributed by atoms with E-state index in [0.717, 1.165) is 54.5 Å². The van der Waals surface area contributed by atoms with E-state index in [2.05, 4.69) is 83.4 Å². The van der Waals surface area contributed by atoms with E-state index in [1.165, 1.54) is 10.1 Å². The Bertz CT molecular complexity index is 2070. The average Bonchev–Trinajstić information content (AvgIpc) is 3.53. The quantitative estimate of drug-likeness (QED) is 0.242. The van der Waals surface area contributed by atoms with Crippen LogP contribution in [-0.4, -0.2) is 19.5 Å². The lowest BCUT2D eigenvalue weighted by Crippen LogP contribution is -2.04. The average molecular weight is 505 g/mol. The van der Waals surface area contributed by atoms with Crippen LogP contribution in [-0.2, 0) is 0 Å². The van der Waals surface area contributed by atoms with Crippen molar-refractivity contribution in [1.82, 2.24) is 19.5 Å². The standard InChI is InChI=1S/C33H20N4S/c1-3-11-21(12-4-1)26-19-27(22-13-5-2-6-14-22)36-33(35-26)37-28-17-9-7-15-23(28)25-20-34-32-30(31(25)37)24-16-8-10-18-29(24)38-32/h1-20H. The lowest BCUT2D eigenvalue weighted by Gasteiger charge is -2.12. The van der Waals surface area contributed by atoms with Crippen molar-refractivity contribution in [3.63, 3.8) is 0 Å². The molecule has 0 bridgehead atoms. The smallest absolute Gasteiger partial charge is 0.235 e. The molecule has 8 rings (SSSR count). The summed E-state index contributed by atoms with van der Waals surface area (Å²) in [4.78, 5) is 16.3. The van der Waals surface area contributed by atoms with Gasteiger partial charge in [0.25, 0.3) is 0 Å². The number of hydrogen-bond donors (Lipinski definition) is 0. The van der Waals surface area contributed by atoms with Crippen LogP contribution in [0.1, 0.15) is 0 Å². The van der Waals surface area contributed by atoms with Crippen LogP contribution < -0.4 is 0 Å². The molecule has 0 aliphatic rings. The zero-order valence-electron chi connectivity index (χ0n) is 20.2. The third-order valence-electron chi connectivity index (χ3n) is 7.09. The van der Waals surface area contributed by atoms with Gasteiger partial charge in [-0.25, -0.2) is 15.0 Å². The number of benzene rings is 4. The normalized spacial score (nSPS) is 11.7. The van der Waals surface area contributed by atoms with Gasteiger partial charge in [0.05, 0.1) is 22.4 Å². The zero-order chi connectivity index (χ0) is 25.1. The Labute approximate surface area is 222 Å². The molecule has 4 aromatic heterocycles. The van der Waals surface area contributed by atoms with Crippen molar-refractivity contribution in [3.05, 3.63) is 121 Å². The van der Waals surface area contributed by atoms with Crippen molar-refractivity contribution < 1.29 is 0 Å². The minimum absolute atomic E-state index is 0.652. The molecule has 4 heterocycles. The van der Waals surface area contributed by atoms with Crippen LogP contribution >= 0.6 is 11.3 Å². The second kappa shape index (κ2) is 8.33. The first kappa shape index (κ1) is 21.2. The number of rotatable bonds is 3. The van der Waals surface area contributed by atoms with Crippen molar-refractivity contribution in [2.24, 2.45) is 0 Å². The van der Waals surface area contributed by atoms with E-state index in [9.17, 15) is 0 Å². The van der Waals surface area contributed by atoms with Crippen LogP contribution in [0.15, 0.2) is 121 Å². The predicted molar refractivity (Wildman–Crippen MR) is 158 cm³/mol. The van der Waals surface area contributed by atoms with Gasteiger partial charge in [0.2, 0.25) is 5.95 Å². The minimum atomic E-state index is 0.652. The molecule has 0 fully saturated rings. The topological polar surface area (TPSA) is 43.6 Å². The van der Waals surface area contributed by atoms with Crippen LogP contribution in [0.2, 0.25) is 0 Å². The molecule has 5 heteroatoms. The fourth-order valence-electron chi connectivity index (χ4n) is 5.37. The number of nitrogens with zero attached hydrogens (tertiary/aromatic N) is 4. The van der Waals surface area contributed by atoms with Gasteiger partial charge in [-0.15, -0.1) is 11.3 Å². The van der Waals surface area contributed by atoms with Crippen molar-refractivity contribution in [3.8, 4) is 28.5 Å². The highest BCUT2D eigenvalue weighted by atomic mass is 32.1. The van der Waals surface area contributed by atoms with E-state index >= 15 is 0 Å². The van der Waals surface area contributed by atoms with Gasteiger partial charge in [0.15, 0.2) is 0 Å². The van der Waals surface area contributed by atoms with Gasteiger partial charge in [-0.05, 0) is 18.2 Å². The molecule has 0 radical (unpaired) electrons. The second-order valence-corrected chi connectivity index (χ2v) is 10.4. The monoisotopic (exact) mass is 504 g/mol. The Morgan fingerprint density at radius 1 is 0.579 bits per heavy atom. The van der Waals surface area contributed by atoms with E-state index < -0.39 is 0 Å². The summed E-state index contributed by atoms with van der Waals surface area (Å²) in [5, 5.41) is 4.60. The Morgan fingerprint density at radius 2 is 1.18 bits per heavy atom. The Hall–Kier alpha value is -4.87. The SMILES string of the molecule is c1ccc(-c2cc(-c3ccccc3)nc(-n3c4ccccc4c4cnc5sc6ccccc6c5c43)n2)cc1. The molecule has 0 spiro atoms. The van der Waals surface area contributed by atoms with E-state index in [1.54, 1.807) is 11.3 Å². The number of para-hydroxylation sites is 1. The van der Waals surface area contributed by atoms with Crippen LogP contribution in [0.3, 0.4) is 0 Å². The Kier molecular flexibility index (Phi) is 4.66. The lowest BCUT2D eigenvalue weighted by molar-refractivity contribution is 0.998. The van der Waals surface area contributed by atoms with Crippen LogP contribution in [0.5, 0.6) is 0 Å². The highest BCUT2D eigenvalue weighted by Gasteiger charge is 2.21. The number of hydrogen-bond acceptors (Lipinski definition) is 4. The highest BCUT2D eigenvalue weighted by Crippen LogP contribution is 2.41. The summed E-state index contributed by atoms with van der Waals surface area (Å²) in [6.07, 6.45) is 2.00. The fraction of sp³-hybridized carbons (Fsp3) is 0. The summed E-state index contributed by atoms with van der Waals surface area (Å²) in [6.45, 7) is 0. The second-order valence-electron chi connectivity index (χ2n) is 9.32. The number of thiophene rings is 1. The molecule has 0 amide bonds. The van der Waals surface area contributed by atoms with Crippen LogP contribution in [0, 0.1) is 0 Å². The van der Waals surface area contributed by atoms with Crippen molar-refractivity contribution in [1.29, 1.82) is 0 Å². The maximum absolute atomic E-state index is 5.18. The summed E-state index contributed by atoms with van der Waals surface area (Å²) >= 11 is 1.73. The van der Waals surface area contributed by atoms with Gasteiger partial charge in [0, 0.05) is 43.6 Å². The number of fused-ring (bicyclic) bond motifs is 7. The number of pyridine rings is 1. The van der Waals surface area contributed by atoms with Crippen LogP contribution in [0.4, 0.5) is 0 Å². The molecule has 0 N–H and O–H groups in total. The summed E-state index contributed by atoms with van der Waals surface area (Å²) < 4.78 is 3.45. The van der Waals surface area contributed by atoms with E-state index in [4.69, 9.17) is 15.0 Å². The van der Waals surface area contributed by atoms with Gasteiger partial charge in [0.1, 0.15) is 4.83 Å². The molecule has 4 nitrogen and oxygen atoms in total. The van der Waals surface area contributed by atoms with Crippen molar-refractivity contribution >= 4 is 53.4 Å². The lowest BCUT2D eigenvalue weighted by atomic mass is 10.1. The Morgan fingerprint density at radius 3 is 1.89 bits per heavy atom. The molecular weight excluding hydrogens is 484 g/mol. The van der Waals surface area contributed by atoms with Crippen molar-refractivity contribution in [2.75, 3.05) is 0 Å². The van der Waals surface area contributed by atoms with Gasteiger partial charge >= 0.3 is 0 Å². The van der Waals surface area contributed by atoms with Crippen molar-refractivity contribution in [2.45, 2.75) is 0 Å². The van der Waals surface area contributed by atoms with Gasteiger partial charge in [-0.2, -0.15) is 0 Å². The molecular formula is C33H20N4S. The van der Waals surface area contributed by atoms with E-state index in [-0.39, 0.29) is 0 Å². The molecule has 0 unspecified atom stereocenters. The summed E-state index contributed by atoms with van der Waals surface area (Å²) in [5.74, 6) is 0.652. The van der Waals surface area contributed by atoms with Gasteiger partial charge in [-0.3, -0.25) is 4.57 Å². The first-order valence-electron chi connectivity index (χ1n) is 12.5. The largest absolute Gasteiger partial charge is 0.277 e. The Balaban J connectivity index is 1.54. The fourth-order valence-corrected chi connectivity index (χ4v) is 6.42. The molecule has 0 saturated carbocycles. The van der Waals surface area contributed by atoms with Gasteiger partial charge in [-0.1, -0.05) is 97.1 Å². The molecule has 4 aromatic carbocycles. The maximum atomic E-state index is 5.18. The minimum Gasteiger partial charge on any atom is -0.277 e. The molecule has 38 heavy (non-hydrogen) atoms.